The van der Waals surface area contributed by atoms with E-state index in [9.17, 15) is 22.8 Å². The molecule has 0 spiro atoms. The number of hydrogen-bond donors (Lipinski definition) is 1. The number of carbonyl (C=O) groups is 1. The van der Waals surface area contributed by atoms with Crippen molar-refractivity contribution in [3.05, 3.63) is 87.6 Å². The lowest BCUT2D eigenvalue weighted by Gasteiger charge is -2.29. The molecular formula is C27H29F3N4O3. The topological polar surface area (TPSA) is 76.5 Å². The highest BCUT2D eigenvalue weighted by molar-refractivity contribution is 5.84. The molecule has 1 aromatic heterocycles. The van der Waals surface area contributed by atoms with E-state index in [1.807, 2.05) is 0 Å². The summed E-state index contributed by atoms with van der Waals surface area (Å²) in [5.74, 6) is -3.52. The molecule has 1 saturated heterocycles. The highest BCUT2D eigenvalue weighted by Gasteiger charge is 2.16. The van der Waals surface area contributed by atoms with Crippen LogP contribution in [0.2, 0.25) is 0 Å². The summed E-state index contributed by atoms with van der Waals surface area (Å²) in [6.07, 6.45) is 3.95. The molecule has 7 nitrogen and oxygen atoms in total. The Morgan fingerprint density at radius 3 is 2.57 bits per heavy atom. The lowest BCUT2D eigenvalue weighted by Crippen LogP contribution is -2.34. The lowest BCUT2D eigenvalue weighted by atomic mass is 9.99. The van der Waals surface area contributed by atoms with Crippen LogP contribution in [0, 0.1) is 23.4 Å². The highest BCUT2D eigenvalue weighted by atomic mass is 19.2. The number of hydrogen-bond acceptors (Lipinski definition) is 5. The SMILES string of the molecule is CC1CCN(CCCOC(=O)Nc2cccc(Cc3nn(-c4cc(F)c(F)c(F)c4)ccc3=O)c2)CC1. The number of nitrogens with zero attached hydrogens (tertiary/aromatic N) is 3. The highest BCUT2D eigenvalue weighted by Crippen LogP contribution is 2.18. The smallest absolute Gasteiger partial charge is 0.411 e. The van der Waals surface area contributed by atoms with Gasteiger partial charge in [-0.15, -0.1) is 0 Å². The second-order valence-electron chi connectivity index (χ2n) is 9.31. The number of anilines is 1. The molecule has 4 rings (SSSR count). The van der Waals surface area contributed by atoms with Crippen molar-refractivity contribution in [1.29, 1.82) is 0 Å². The van der Waals surface area contributed by atoms with Gasteiger partial charge in [-0.05, 0) is 56.0 Å². The van der Waals surface area contributed by atoms with E-state index in [1.54, 1.807) is 24.3 Å². The summed E-state index contributed by atoms with van der Waals surface area (Å²) in [4.78, 5) is 27.0. The molecule has 0 atom stereocenters. The third kappa shape index (κ3) is 7.19. The zero-order valence-electron chi connectivity index (χ0n) is 20.6. The molecule has 0 aliphatic carbocycles. The van der Waals surface area contributed by atoms with Crippen LogP contribution in [0.1, 0.15) is 37.4 Å². The monoisotopic (exact) mass is 514 g/mol. The zero-order chi connectivity index (χ0) is 26.4. The van der Waals surface area contributed by atoms with E-state index in [4.69, 9.17) is 4.74 Å². The number of carbonyl (C=O) groups excluding carboxylic acids is 1. The molecule has 10 heteroatoms. The number of benzene rings is 2. The van der Waals surface area contributed by atoms with Crippen LogP contribution in [0.3, 0.4) is 0 Å². The molecule has 3 aromatic rings. The first-order chi connectivity index (χ1) is 17.8. The van der Waals surface area contributed by atoms with Crippen molar-refractivity contribution in [3.8, 4) is 5.69 Å². The van der Waals surface area contributed by atoms with Crippen molar-refractivity contribution < 1.29 is 22.7 Å². The number of aromatic nitrogens is 2. The van der Waals surface area contributed by atoms with Crippen LogP contribution in [-0.2, 0) is 11.2 Å². The van der Waals surface area contributed by atoms with E-state index in [0.29, 0.717) is 17.9 Å². The normalized spacial score (nSPS) is 14.5. The second-order valence-corrected chi connectivity index (χ2v) is 9.31. The van der Waals surface area contributed by atoms with Gasteiger partial charge in [-0.2, -0.15) is 5.10 Å². The fraction of sp³-hybridized carbons (Fsp3) is 0.370. The van der Waals surface area contributed by atoms with Gasteiger partial charge in [0.05, 0.1) is 12.3 Å². The van der Waals surface area contributed by atoms with Gasteiger partial charge < -0.3 is 9.64 Å². The molecule has 2 heterocycles. The number of piperidine rings is 1. The maximum Gasteiger partial charge on any atom is 0.411 e. The van der Waals surface area contributed by atoms with Crippen molar-refractivity contribution in [2.24, 2.45) is 5.92 Å². The molecular weight excluding hydrogens is 485 g/mol. The summed E-state index contributed by atoms with van der Waals surface area (Å²) in [5.41, 5.74) is 0.841. The Morgan fingerprint density at radius 1 is 1.11 bits per heavy atom. The first kappa shape index (κ1) is 26.4. The van der Waals surface area contributed by atoms with Gasteiger partial charge >= 0.3 is 6.09 Å². The first-order valence-corrected chi connectivity index (χ1v) is 12.3. The Hall–Kier alpha value is -3.66. The van der Waals surface area contributed by atoms with Crippen LogP contribution in [0.4, 0.5) is 23.7 Å². The molecule has 196 valence electrons. The quantitative estimate of drug-likeness (QED) is 0.342. The maximum atomic E-state index is 13.6. The Labute approximate surface area is 212 Å². The second kappa shape index (κ2) is 12.1. The standard InChI is InChI=1S/C27H29F3N4O3/c1-18-6-10-33(11-7-18)9-3-13-37-27(36)31-20-5-2-4-19(14-20)15-24-25(35)8-12-34(32-24)21-16-22(28)26(30)23(29)17-21/h2,4-5,8,12,14,16-18H,3,6-7,9-11,13,15H2,1H3,(H,31,36). The number of likely N-dealkylation sites (tertiary alicyclic amines) is 1. The minimum Gasteiger partial charge on any atom is -0.449 e. The third-order valence-corrected chi connectivity index (χ3v) is 6.39. The Kier molecular flexibility index (Phi) is 8.60. The van der Waals surface area contributed by atoms with Crippen LogP contribution in [-0.4, -0.2) is 47.0 Å². The largest absolute Gasteiger partial charge is 0.449 e. The minimum atomic E-state index is -1.58. The van der Waals surface area contributed by atoms with Crippen molar-refractivity contribution >= 4 is 11.8 Å². The van der Waals surface area contributed by atoms with Crippen molar-refractivity contribution in [2.75, 3.05) is 31.6 Å². The van der Waals surface area contributed by atoms with Crippen LogP contribution in [0.25, 0.3) is 5.69 Å². The summed E-state index contributed by atoms with van der Waals surface area (Å²) < 4.78 is 47.0. The van der Waals surface area contributed by atoms with E-state index in [0.717, 1.165) is 48.8 Å². The van der Waals surface area contributed by atoms with Crippen molar-refractivity contribution in [3.63, 3.8) is 0 Å². The minimum absolute atomic E-state index is 0.0642. The molecule has 37 heavy (non-hydrogen) atoms. The molecule has 1 aliphatic rings. The fourth-order valence-corrected chi connectivity index (χ4v) is 4.23. The first-order valence-electron chi connectivity index (χ1n) is 12.3. The molecule has 0 unspecified atom stereocenters. The molecule has 1 amide bonds. The van der Waals surface area contributed by atoms with Gasteiger partial charge in [-0.1, -0.05) is 19.1 Å². The van der Waals surface area contributed by atoms with Gasteiger partial charge in [0.1, 0.15) is 5.69 Å². The Morgan fingerprint density at radius 2 is 1.84 bits per heavy atom. The van der Waals surface area contributed by atoms with Crippen molar-refractivity contribution in [2.45, 2.75) is 32.6 Å². The molecule has 0 radical (unpaired) electrons. The molecule has 1 fully saturated rings. The van der Waals surface area contributed by atoms with Gasteiger partial charge in [0.15, 0.2) is 17.5 Å². The van der Waals surface area contributed by atoms with E-state index >= 15 is 0 Å². The lowest BCUT2D eigenvalue weighted by molar-refractivity contribution is 0.142. The van der Waals surface area contributed by atoms with Gasteiger partial charge in [-0.3, -0.25) is 10.1 Å². The van der Waals surface area contributed by atoms with Crippen LogP contribution >= 0.6 is 0 Å². The number of nitrogens with one attached hydrogen (secondary N) is 1. The fourth-order valence-electron chi connectivity index (χ4n) is 4.23. The number of ether oxygens (including phenoxy) is 1. The number of rotatable bonds is 8. The van der Waals surface area contributed by atoms with Crippen LogP contribution in [0.5, 0.6) is 0 Å². The summed E-state index contributed by atoms with van der Waals surface area (Å²) in [6.45, 7) is 5.65. The van der Waals surface area contributed by atoms with Crippen molar-refractivity contribution in [1.82, 2.24) is 14.7 Å². The van der Waals surface area contributed by atoms with E-state index in [-0.39, 0.29) is 23.2 Å². The maximum absolute atomic E-state index is 13.6. The number of halogens is 3. The molecule has 0 saturated carbocycles. The third-order valence-electron chi connectivity index (χ3n) is 6.39. The molecule has 1 aliphatic heterocycles. The van der Waals surface area contributed by atoms with E-state index in [2.05, 4.69) is 22.2 Å². The molecule has 0 bridgehead atoms. The molecule has 1 N–H and O–H groups in total. The molecule has 2 aromatic carbocycles. The summed E-state index contributed by atoms with van der Waals surface area (Å²) in [6, 6.07) is 9.66. The average Bonchev–Trinajstić information content (AvgIpc) is 2.87. The van der Waals surface area contributed by atoms with Gasteiger partial charge in [0.2, 0.25) is 5.43 Å². The summed E-state index contributed by atoms with van der Waals surface area (Å²) >= 11 is 0. The number of amides is 1. The predicted molar refractivity (Wildman–Crippen MR) is 133 cm³/mol. The Balaban J connectivity index is 1.34. The van der Waals surface area contributed by atoms with Gasteiger partial charge in [0, 0.05) is 43.0 Å². The summed E-state index contributed by atoms with van der Waals surface area (Å²) in [5, 5.41) is 6.85. The van der Waals surface area contributed by atoms with Crippen LogP contribution in [0.15, 0.2) is 53.5 Å². The van der Waals surface area contributed by atoms with Crippen LogP contribution < -0.4 is 10.7 Å². The predicted octanol–water partition coefficient (Wildman–Crippen LogP) is 4.91. The zero-order valence-corrected chi connectivity index (χ0v) is 20.6. The Bertz CT molecular complexity index is 1280. The average molecular weight is 515 g/mol. The van der Waals surface area contributed by atoms with E-state index < -0.39 is 23.5 Å². The van der Waals surface area contributed by atoms with E-state index in [1.165, 1.54) is 25.1 Å². The summed E-state index contributed by atoms with van der Waals surface area (Å²) in [7, 11) is 0. The van der Waals surface area contributed by atoms with Gasteiger partial charge in [-0.25, -0.2) is 22.6 Å². The van der Waals surface area contributed by atoms with Gasteiger partial charge in [0.25, 0.3) is 0 Å².